The van der Waals surface area contributed by atoms with Crippen LogP contribution in [-0.4, -0.2) is 5.11 Å². The van der Waals surface area contributed by atoms with Crippen LogP contribution < -0.4 is 4.74 Å². The quantitative estimate of drug-likeness (QED) is 0.903. The van der Waals surface area contributed by atoms with Crippen LogP contribution >= 0.6 is 0 Å². The number of hydrogen-bond acceptors (Lipinski definition) is 2. The molecule has 2 aromatic carbocycles. The zero-order valence-corrected chi connectivity index (χ0v) is 10.7. The summed E-state index contributed by atoms with van der Waals surface area (Å²) in [6, 6.07) is 8.54. The van der Waals surface area contributed by atoms with E-state index in [1.807, 2.05) is 0 Å². The first-order valence-electron chi connectivity index (χ1n) is 5.89. The first kappa shape index (κ1) is 13.5. The number of hydrogen-bond donors (Lipinski definition) is 1. The maximum absolute atomic E-state index is 13.8. The molecule has 0 aromatic heterocycles. The molecule has 0 amide bonds. The van der Waals surface area contributed by atoms with Gasteiger partial charge in [-0.05, 0) is 37.6 Å². The molecular weight excluding hydrogens is 250 g/mol. The Hall–Kier alpha value is -1.94. The van der Waals surface area contributed by atoms with Crippen LogP contribution in [0, 0.1) is 18.6 Å². The third-order valence-corrected chi connectivity index (χ3v) is 2.75. The SMILES string of the molecule is Cc1ccc(F)c(Oc2c(F)cccc2[C@@H](C)O)c1. The molecular formula is C15H14F2O2. The van der Waals surface area contributed by atoms with Crippen molar-refractivity contribution in [2.24, 2.45) is 0 Å². The Labute approximate surface area is 110 Å². The highest BCUT2D eigenvalue weighted by Crippen LogP contribution is 2.33. The maximum atomic E-state index is 13.8. The number of ether oxygens (including phenoxy) is 1. The van der Waals surface area contributed by atoms with E-state index in [0.29, 0.717) is 0 Å². The van der Waals surface area contributed by atoms with E-state index >= 15 is 0 Å². The lowest BCUT2D eigenvalue weighted by atomic mass is 10.1. The molecule has 0 aliphatic rings. The zero-order chi connectivity index (χ0) is 14.0. The maximum Gasteiger partial charge on any atom is 0.168 e. The molecule has 2 aromatic rings. The Morgan fingerprint density at radius 3 is 2.53 bits per heavy atom. The second-order valence-corrected chi connectivity index (χ2v) is 4.37. The number of aliphatic hydroxyl groups is 1. The van der Waals surface area contributed by atoms with E-state index in [1.165, 1.54) is 37.3 Å². The molecule has 0 aliphatic heterocycles. The van der Waals surface area contributed by atoms with E-state index in [0.717, 1.165) is 5.56 Å². The normalized spacial score (nSPS) is 12.3. The van der Waals surface area contributed by atoms with Gasteiger partial charge in [0.05, 0.1) is 6.10 Å². The van der Waals surface area contributed by atoms with Crippen LogP contribution in [0.3, 0.4) is 0 Å². The van der Waals surface area contributed by atoms with Gasteiger partial charge in [0.25, 0.3) is 0 Å². The minimum atomic E-state index is -0.904. The van der Waals surface area contributed by atoms with Gasteiger partial charge in [0.1, 0.15) is 0 Å². The van der Waals surface area contributed by atoms with Gasteiger partial charge in [-0.25, -0.2) is 8.78 Å². The Morgan fingerprint density at radius 1 is 1.11 bits per heavy atom. The number of rotatable bonds is 3. The van der Waals surface area contributed by atoms with E-state index in [2.05, 4.69) is 0 Å². The number of para-hydroxylation sites is 1. The monoisotopic (exact) mass is 264 g/mol. The van der Waals surface area contributed by atoms with E-state index in [-0.39, 0.29) is 17.1 Å². The predicted molar refractivity (Wildman–Crippen MR) is 68.2 cm³/mol. The van der Waals surface area contributed by atoms with Gasteiger partial charge in [-0.3, -0.25) is 0 Å². The summed E-state index contributed by atoms with van der Waals surface area (Å²) in [4.78, 5) is 0. The van der Waals surface area contributed by atoms with Crippen LogP contribution in [0.4, 0.5) is 8.78 Å². The zero-order valence-electron chi connectivity index (χ0n) is 10.7. The second kappa shape index (κ2) is 5.36. The minimum Gasteiger partial charge on any atom is -0.451 e. The molecule has 4 heteroatoms. The summed E-state index contributed by atoms with van der Waals surface area (Å²) in [6.45, 7) is 3.28. The summed E-state index contributed by atoms with van der Waals surface area (Å²) < 4.78 is 32.7. The molecule has 0 unspecified atom stereocenters. The molecule has 0 spiro atoms. The highest BCUT2D eigenvalue weighted by molar-refractivity contribution is 5.41. The van der Waals surface area contributed by atoms with Crippen LogP contribution in [-0.2, 0) is 0 Å². The first-order valence-corrected chi connectivity index (χ1v) is 5.89. The lowest BCUT2D eigenvalue weighted by molar-refractivity contribution is 0.194. The average molecular weight is 264 g/mol. The van der Waals surface area contributed by atoms with E-state index in [4.69, 9.17) is 4.74 Å². The molecule has 0 aliphatic carbocycles. The largest absolute Gasteiger partial charge is 0.451 e. The van der Waals surface area contributed by atoms with E-state index in [9.17, 15) is 13.9 Å². The van der Waals surface area contributed by atoms with Crippen molar-refractivity contribution in [3.8, 4) is 11.5 Å². The molecule has 0 saturated heterocycles. The first-order chi connectivity index (χ1) is 8.99. The molecule has 0 fully saturated rings. The highest BCUT2D eigenvalue weighted by atomic mass is 19.1. The topological polar surface area (TPSA) is 29.5 Å². The van der Waals surface area contributed by atoms with Crippen molar-refractivity contribution in [3.63, 3.8) is 0 Å². The Bertz CT molecular complexity index is 595. The van der Waals surface area contributed by atoms with Crippen LogP contribution in [0.15, 0.2) is 36.4 Å². The third-order valence-electron chi connectivity index (χ3n) is 2.75. The molecule has 1 atom stereocenters. The van der Waals surface area contributed by atoms with Gasteiger partial charge in [-0.1, -0.05) is 18.2 Å². The van der Waals surface area contributed by atoms with Gasteiger partial charge in [0.15, 0.2) is 23.1 Å². The summed E-state index contributed by atoms with van der Waals surface area (Å²) in [5, 5.41) is 9.59. The fourth-order valence-electron chi connectivity index (χ4n) is 1.76. The van der Waals surface area contributed by atoms with Gasteiger partial charge in [-0.2, -0.15) is 0 Å². The molecule has 0 radical (unpaired) electrons. The molecule has 0 saturated carbocycles. The van der Waals surface area contributed by atoms with Gasteiger partial charge in [0.2, 0.25) is 0 Å². The van der Waals surface area contributed by atoms with Crippen molar-refractivity contribution < 1.29 is 18.6 Å². The number of halogens is 2. The molecule has 2 rings (SSSR count). The fraction of sp³-hybridized carbons (Fsp3) is 0.200. The second-order valence-electron chi connectivity index (χ2n) is 4.37. The van der Waals surface area contributed by atoms with Gasteiger partial charge >= 0.3 is 0 Å². The molecule has 19 heavy (non-hydrogen) atoms. The number of aliphatic hydroxyl groups excluding tert-OH is 1. The fourth-order valence-corrected chi connectivity index (χ4v) is 1.76. The lowest BCUT2D eigenvalue weighted by Crippen LogP contribution is -2.00. The summed E-state index contributed by atoms with van der Waals surface area (Å²) in [7, 11) is 0. The van der Waals surface area contributed by atoms with Crippen LogP contribution in [0.5, 0.6) is 11.5 Å². The van der Waals surface area contributed by atoms with Crippen molar-refractivity contribution in [1.29, 1.82) is 0 Å². The average Bonchev–Trinajstić information content (AvgIpc) is 2.35. The molecule has 1 N–H and O–H groups in total. The smallest absolute Gasteiger partial charge is 0.168 e. The highest BCUT2D eigenvalue weighted by Gasteiger charge is 2.16. The van der Waals surface area contributed by atoms with E-state index in [1.54, 1.807) is 13.0 Å². The third kappa shape index (κ3) is 2.90. The van der Waals surface area contributed by atoms with Crippen LogP contribution in [0.25, 0.3) is 0 Å². The molecule has 2 nitrogen and oxygen atoms in total. The van der Waals surface area contributed by atoms with Crippen LogP contribution in [0.2, 0.25) is 0 Å². The summed E-state index contributed by atoms with van der Waals surface area (Å²) in [5.74, 6) is -1.43. The van der Waals surface area contributed by atoms with E-state index < -0.39 is 17.7 Å². The molecule has 0 bridgehead atoms. The van der Waals surface area contributed by atoms with Gasteiger partial charge in [0, 0.05) is 5.56 Å². The van der Waals surface area contributed by atoms with Crippen molar-refractivity contribution in [2.75, 3.05) is 0 Å². The van der Waals surface area contributed by atoms with Gasteiger partial charge in [-0.15, -0.1) is 0 Å². The summed E-state index contributed by atoms with van der Waals surface area (Å²) in [6.07, 6.45) is -0.904. The summed E-state index contributed by atoms with van der Waals surface area (Å²) >= 11 is 0. The Kier molecular flexibility index (Phi) is 3.81. The summed E-state index contributed by atoms with van der Waals surface area (Å²) in [5.41, 5.74) is 1.08. The standard InChI is InChI=1S/C15H14F2O2/c1-9-6-7-12(16)14(8-9)19-15-11(10(2)18)4-3-5-13(15)17/h3-8,10,18H,1-2H3/t10-/m1/s1. The van der Waals surface area contributed by atoms with Crippen molar-refractivity contribution >= 4 is 0 Å². The van der Waals surface area contributed by atoms with Crippen molar-refractivity contribution in [2.45, 2.75) is 20.0 Å². The Morgan fingerprint density at radius 2 is 1.84 bits per heavy atom. The van der Waals surface area contributed by atoms with Crippen LogP contribution in [0.1, 0.15) is 24.2 Å². The Balaban J connectivity index is 2.46. The van der Waals surface area contributed by atoms with Crippen molar-refractivity contribution in [3.05, 3.63) is 59.2 Å². The lowest BCUT2D eigenvalue weighted by Gasteiger charge is -2.14. The minimum absolute atomic E-state index is 0.0630. The predicted octanol–water partition coefficient (Wildman–Crippen LogP) is 4.12. The number of benzene rings is 2. The molecule has 100 valence electrons. The van der Waals surface area contributed by atoms with Crippen molar-refractivity contribution in [1.82, 2.24) is 0 Å². The number of aryl methyl sites for hydroxylation is 1. The van der Waals surface area contributed by atoms with Gasteiger partial charge < -0.3 is 9.84 Å². The molecule has 0 heterocycles.